The molecule has 7 nitrogen and oxygen atoms in total. The Labute approximate surface area is 211 Å². The number of anilines is 1. The number of para-hydroxylation sites is 1. The number of rotatable bonds is 9. The maximum Gasteiger partial charge on any atom is 0.264 e. The molecule has 0 spiro atoms. The fraction of sp³-hybridized carbons (Fsp3) is 0.231. The molecule has 0 aromatic heterocycles. The molecule has 1 N–H and O–H groups in total. The van der Waals surface area contributed by atoms with E-state index in [0.717, 1.165) is 9.87 Å². The molecule has 3 aromatic rings. The van der Waals surface area contributed by atoms with E-state index in [4.69, 9.17) is 11.6 Å². The first-order valence-corrected chi connectivity index (χ1v) is 12.9. The molecule has 0 aliphatic heterocycles. The third kappa shape index (κ3) is 6.21. The minimum absolute atomic E-state index is 0.0665. The SMILES string of the molecule is CNC(=O)[C@H](C)N(Cc1cccc(Cl)c1)C(=O)CN(c1ccccc1C)S(=O)(=O)c1ccccc1. The van der Waals surface area contributed by atoms with Gasteiger partial charge in [0.25, 0.3) is 10.0 Å². The van der Waals surface area contributed by atoms with Gasteiger partial charge in [0.15, 0.2) is 0 Å². The number of carbonyl (C=O) groups is 2. The van der Waals surface area contributed by atoms with E-state index in [2.05, 4.69) is 5.32 Å². The minimum atomic E-state index is -4.07. The van der Waals surface area contributed by atoms with Crippen LogP contribution in [0.25, 0.3) is 0 Å². The van der Waals surface area contributed by atoms with Crippen molar-refractivity contribution in [2.75, 3.05) is 17.9 Å². The number of benzene rings is 3. The summed E-state index contributed by atoms with van der Waals surface area (Å²) < 4.78 is 28.4. The van der Waals surface area contributed by atoms with Crippen molar-refractivity contribution in [3.8, 4) is 0 Å². The van der Waals surface area contributed by atoms with E-state index in [0.29, 0.717) is 16.3 Å². The van der Waals surface area contributed by atoms with Crippen LogP contribution in [0.5, 0.6) is 0 Å². The van der Waals surface area contributed by atoms with Gasteiger partial charge in [0, 0.05) is 18.6 Å². The van der Waals surface area contributed by atoms with Crippen LogP contribution in [0, 0.1) is 6.92 Å². The first-order chi connectivity index (χ1) is 16.6. The predicted octanol–water partition coefficient (Wildman–Crippen LogP) is 4.01. The minimum Gasteiger partial charge on any atom is -0.357 e. The van der Waals surface area contributed by atoms with Crippen molar-refractivity contribution >= 4 is 39.1 Å². The lowest BCUT2D eigenvalue weighted by Gasteiger charge is -2.32. The van der Waals surface area contributed by atoms with Crippen LogP contribution in [0.1, 0.15) is 18.1 Å². The van der Waals surface area contributed by atoms with Gasteiger partial charge in [-0.3, -0.25) is 13.9 Å². The van der Waals surface area contributed by atoms with Gasteiger partial charge in [0.1, 0.15) is 12.6 Å². The highest BCUT2D eigenvalue weighted by molar-refractivity contribution is 7.92. The summed E-state index contributed by atoms with van der Waals surface area (Å²) in [5.41, 5.74) is 1.80. The fourth-order valence-corrected chi connectivity index (χ4v) is 5.41. The van der Waals surface area contributed by atoms with Crippen LogP contribution in [-0.4, -0.2) is 44.8 Å². The van der Waals surface area contributed by atoms with Crippen molar-refractivity contribution in [1.29, 1.82) is 0 Å². The second kappa shape index (κ2) is 11.4. The predicted molar refractivity (Wildman–Crippen MR) is 138 cm³/mol. The van der Waals surface area contributed by atoms with E-state index in [1.807, 2.05) is 0 Å². The number of nitrogens with one attached hydrogen (secondary N) is 1. The van der Waals surface area contributed by atoms with Gasteiger partial charge in [-0.1, -0.05) is 60.1 Å². The summed E-state index contributed by atoms with van der Waals surface area (Å²) in [6.45, 7) is 2.99. The van der Waals surface area contributed by atoms with E-state index in [1.165, 1.54) is 24.1 Å². The number of likely N-dealkylation sites (N-methyl/N-ethyl adjacent to an activating group) is 1. The Morgan fingerprint density at radius 2 is 1.63 bits per heavy atom. The molecule has 0 aliphatic carbocycles. The Morgan fingerprint density at radius 1 is 0.971 bits per heavy atom. The summed E-state index contributed by atoms with van der Waals surface area (Å²) in [5.74, 6) is -0.891. The number of hydrogen-bond donors (Lipinski definition) is 1. The van der Waals surface area contributed by atoms with Crippen molar-refractivity contribution in [3.05, 3.63) is 95.0 Å². The van der Waals surface area contributed by atoms with Gasteiger partial charge in [0.05, 0.1) is 10.6 Å². The molecule has 0 saturated heterocycles. The summed E-state index contributed by atoms with van der Waals surface area (Å²) >= 11 is 6.12. The molecule has 0 bridgehead atoms. The zero-order valence-electron chi connectivity index (χ0n) is 19.8. The Bertz CT molecular complexity index is 1300. The standard InChI is InChI=1S/C26H28ClN3O4S/c1-19-10-7-8-15-24(19)30(35(33,34)23-13-5-4-6-14-23)18-25(31)29(20(2)26(32)28-3)17-21-11-9-12-22(27)16-21/h4-16,20H,17-18H2,1-3H3,(H,28,32)/t20-/m0/s1. The van der Waals surface area contributed by atoms with Gasteiger partial charge in [-0.05, 0) is 55.3 Å². The van der Waals surface area contributed by atoms with Gasteiger partial charge in [0.2, 0.25) is 11.8 Å². The normalized spacial score (nSPS) is 12.0. The summed E-state index contributed by atoms with van der Waals surface area (Å²) in [6.07, 6.45) is 0. The Morgan fingerprint density at radius 3 is 2.26 bits per heavy atom. The second-order valence-electron chi connectivity index (χ2n) is 8.05. The lowest BCUT2D eigenvalue weighted by molar-refractivity contribution is -0.139. The van der Waals surface area contributed by atoms with Crippen LogP contribution in [0.4, 0.5) is 5.69 Å². The molecular weight excluding hydrogens is 486 g/mol. The zero-order valence-corrected chi connectivity index (χ0v) is 21.4. The van der Waals surface area contributed by atoms with Gasteiger partial charge in [-0.15, -0.1) is 0 Å². The summed E-state index contributed by atoms with van der Waals surface area (Å²) in [5, 5.41) is 3.05. The van der Waals surface area contributed by atoms with E-state index in [9.17, 15) is 18.0 Å². The zero-order chi connectivity index (χ0) is 25.6. The second-order valence-corrected chi connectivity index (χ2v) is 10.4. The Balaban J connectivity index is 2.04. The summed E-state index contributed by atoms with van der Waals surface area (Å²) in [7, 11) is -2.59. The largest absolute Gasteiger partial charge is 0.357 e. The van der Waals surface area contributed by atoms with Crippen molar-refractivity contribution in [2.24, 2.45) is 0 Å². The molecule has 3 aromatic carbocycles. The van der Waals surface area contributed by atoms with Crippen LogP contribution in [0.3, 0.4) is 0 Å². The number of nitrogens with zero attached hydrogens (tertiary/aromatic N) is 2. The van der Waals surface area contributed by atoms with Crippen LogP contribution < -0.4 is 9.62 Å². The van der Waals surface area contributed by atoms with E-state index in [1.54, 1.807) is 80.6 Å². The van der Waals surface area contributed by atoms with Crippen LogP contribution in [-0.2, 0) is 26.2 Å². The topological polar surface area (TPSA) is 86.8 Å². The maximum absolute atomic E-state index is 13.7. The van der Waals surface area contributed by atoms with E-state index in [-0.39, 0.29) is 17.3 Å². The lowest BCUT2D eigenvalue weighted by atomic mass is 10.1. The molecule has 0 unspecified atom stereocenters. The van der Waals surface area contributed by atoms with Crippen LogP contribution in [0.15, 0.2) is 83.8 Å². The average Bonchev–Trinajstić information content (AvgIpc) is 2.85. The highest BCUT2D eigenvalue weighted by Gasteiger charge is 2.32. The average molecular weight is 514 g/mol. The molecule has 3 rings (SSSR count). The summed E-state index contributed by atoms with van der Waals surface area (Å²) in [6, 6.07) is 21.0. The van der Waals surface area contributed by atoms with E-state index >= 15 is 0 Å². The number of amides is 2. The molecule has 0 saturated carbocycles. The molecule has 0 fully saturated rings. The lowest BCUT2D eigenvalue weighted by Crippen LogP contribution is -2.50. The van der Waals surface area contributed by atoms with Gasteiger partial charge < -0.3 is 10.2 Å². The molecule has 0 aliphatic rings. The van der Waals surface area contributed by atoms with Crippen molar-refractivity contribution in [3.63, 3.8) is 0 Å². The van der Waals surface area contributed by atoms with Gasteiger partial charge in [-0.25, -0.2) is 8.42 Å². The first kappa shape index (κ1) is 26.2. The molecule has 35 heavy (non-hydrogen) atoms. The van der Waals surface area contributed by atoms with Crippen LogP contribution >= 0.6 is 11.6 Å². The van der Waals surface area contributed by atoms with Crippen molar-refractivity contribution in [1.82, 2.24) is 10.2 Å². The third-order valence-electron chi connectivity index (χ3n) is 5.65. The number of carbonyl (C=O) groups excluding carboxylic acids is 2. The Hall–Kier alpha value is -3.36. The van der Waals surface area contributed by atoms with Crippen LogP contribution in [0.2, 0.25) is 5.02 Å². The van der Waals surface area contributed by atoms with Gasteiger partial charge in [-0.2, -0.15) is 0 Å². The molecule has 0 heterocycles. The fourth-order valence-electron chi connectivity index (χ4n) is 3.70. The molecule has 1 atom stereocenters. The van der Waals surface area contributed by atoms with Crippen molar-refractivity contribution in [2.45, 2.75) is 31.3 Å². The number of hydrogen-bond acceptors (Lipinski definition) is 4. The highest BCUT2D eigenvalue weighted by Crippen LogP contribution is 2.27. The molecule has 2 amide bonds. The van der Waals surface area contributed by atoms with E-state index < -0.39 is 28.5 Å². The smallest absolute Gasteiger partial charge is 0.264 e. The molecule has 0 radical (unpaired) electrons. The Kier molecular flexibility index (Phi) is 8.53. The summed E-state index contributed by atoms with van der Waals surface area (Å²) in [4.78, 5) is 27.6. The maximum atomic E-state index is 13.7. The van der Waals surface area contributed by atoms with Gasteiger partial charge >= 0.3 is 0 Å². The number of halogens is 1. The molecular formula is C26H28ClN3O4S. The number of aryl methyl sites for hydroxylation is 1. The van der Waals surface area contributed by atoms with Crippen molar-refractivity contribution < 1.29 is 18.0 Å². The highest BCUT2D eigenvalue weighted by atomic mass is 35.5. The monoisotopic (exact) mass is 513 g/mol. The molecule has 184 valence electrons. The first-order valence-electron chi connectivity index (χ1n) is 11.0. The quantitative estimate of drug-likeness (QED) is 0.468. The number of sulfonamides is 1. The third-order valence-corrected chi connectivity index (χ3v) is 7.66. The molecule has 9 heteroatoms.